The average Bonchev–Trinajstić information content (AvgIpc) is 3.33. The molecular formula is C24H26Cl2N4O4S2. The van der Waals surface area contributed by atoms with E-state index in [1.165, 1.54) is 30.2 Å². The van der Waals surface area contributed by atoms with Crippen LogP contribution in [0.4, 0.5) is 5.00 Å². The van der Waals surface area contributed by atoms with E-state index in [1.54, 1.807) is 18.2 Å². The van der Waals surface area contributed by atoms with Gasteiger partial charge >= 0.3 is 5.97 Å². The molecule has 192 valence electrons. The van der Waals surface area contributed by atoms with E-state index in [-0.39, 0.29) is 18.3 Å². The lowest BCUT2D eigenvalue weighted by atomic mass is 10.1. The van der Waals surface area contributed by atoms with E-state index in [2.05, 4.69) is 15.5 Å². The zero-order chi connectivity index (χ0) is 25.7. The number of hydrogen-bond donors (Lipinski definition) is 1. The molecule has 0 atom stereocenters. The molecular weight excluding hydrogens is 543 g/mol. The number of nitrogens with zero attached hydrogens (tertiary/aromatic N) is 3. The first-order valence-corrected chi connectivity index (χ1v) is 14.1. The van der Waals surface area contributed by atoms with Crippen LogP contribution >= 0.6 is 46.3 Å². The average molecular weight is 570 g/mol. The number of anilines is 1. The number of carbonyl (C=O) groups excluding carboxylic acids is 2. The van der Waals surface area contributed by atoms with Gasteiger partial charge in [-0.2, -0.15) is 0 Å². The fraction of sp³-hybridized carbons (Fsp3) is 0.417. The molecule has 2 heterocycles. The highest BCUT2D eigenvalue weighted by atomic mass is 35.5. The lowest BCUT2D eigenvalue weighted by molar-refractivity contribution is -0.113. The summed E-state index contributed by atoms with van der Waals surface area (Å²) in [5, 5.41) is 13.5. The molecule has 3 aromatic rings. The summed E-state index contributed by atoms with van der Waals surface area (Å²) in [5.41, 5.74) is 1.51. The topological polar surface area (TPSA) is 95.3 Å². The standard InChI is InChI=1S/C24H26Cl2N4O4S2/c1-3-30-19(12-34-17-10-9-14(25)11-16(17)26)28-29-24(30)35-13-20(31)27-22-21(23(32)33-2)15-7-5-4-6-8-18(15)36-22/h9-11H,3-8,12-13H2,1-2H3,(H,27,31). The second-order valence-electron chi connectivity index (χ2n) is 8.10. The highest BCUT2D eigenvalue weighted by molar-refractivity contribution is 7.99. The highest BCUT2D eigenvalue weighted by Gasteiger charge is 2.26. The van der Waals surface area contributed by atoms with E-state index in [1.807, 2.05) is 11.5 Å². The van der Waals surface area contributed by atoms with Crippen molar-refractivity contribution in [3.8, 4) is 5.75 Å². The Labute approximate surface area is 227 Å². The smallest absolute Gasteiger partial charge is 0.341 e. The molecule has 1 aliphatic rings. The van der Waals surface area contributed by atoms with Crippen molar-refractivity contribution in [2.75, 3.05) is 18.2 Å². The van der Waals surface area contributed by atoms with Crippen LogP contribution in [0.1, 0.15) is 52.8 Å². The quantitative estimate of drug-likeness (QED) is 0.191. The minimum Gasteiger partial charge on any atom is -0.484 e. The van der Waals surface area contributed by atoms with Crippen molar-refractivity contribution in [2.24, 2.45) is 0 Å². The monoisotopic (exact) mass is 568 g/mol. The molecule has 0 unspecified atom stereocenters. The minimum absolute atomic E-state index is 0.116. The van der Waals surface area contributed by atoms with Gasteiger partial charge in [0.05, 0.1) is 23.4 Å². The number of nitrogens with one attached hydrogen (secondary N) is 1. The maximum Gasteiger partial charge on any atom is 0.341 e. The summed E-state index contributed by atoms with van der Waals surface area (Å²) in [6.07, 6.45) is 4.99. The zero-order valence-electron chi connectivity index (χ0n) is 19.9. The number of thiophene rings is 1. The third-order valence-corrected chi connectivity index (χ3v) is 8.46. The van der Waals surface area contributed by atoms with Gasteiger partial charge in [-0.05, 0) is 56.4 Å². The van der Waals surface area contributed by atoms with E-state index in [0.717, 1.165) is 42.5 Å². The Kier molecular flexibility index (Phi) is 9.16. The zero-order valence-corrected chi connectivity index (χ0v) is 23.1. The van der Waals surface area contributed by atoms with Crippen molar-refractivity contribution in [3.63, 3.8) is 0 Å². The van der Waals surface area contributed by atoms with Gasteiger partial charge in [-0.15, -0.1) is 21.5 Å². The Hall–Kier alpha value is -2.27. The number of ether oxygens (including phenoxy) is 2. The van der Waals surface area contributed by atoms with E-state index in [4.69, 9.17) is 32.7 Å². The summed E-state index contributed by atoms with van der Waals surface area (Å²) in [6.45, 7) is 2.74. The van der Waals surface area contributed by atoms with Crippen molar-refractivity contribution in [2.45, 2.75) is 57.3 Å². The molecule has 8 nitrogen and oxygen atoms in total. The van der Waals surface area contributed by atoms with Gasteiger partial charge in [0.25, 0.3) is 0 Å². The molecule has 4 rings (SSSR count). The van der Waals surface area contributed by atoms with Crippen LogP contribution in [0.3, 0.4) is 0 Å². The predicted molar refractivity (Wildman–Crippen MR) is 143 cm³/mol. The summed E-state index contributed by atoms with van der Waals surface area (Å²) in [6, 6.07) is 5.01. The maximum absolute atomic E-state index is 12.8. The van der Waals surface area contributed by atoms with Crippen molar-refractivity contribution in [1.29, 1.82) is 0 Å². The van der Waals surface area contributed by atoms with E-state index in [0.29, 0.717) is 43.9 Å². The molecule has 2 aromatic heterocycles. The molecule has 0 fully saturated rings. The van der Waals surface area contributed by atoms with Gasteiger partial charge in [-0.1, -0.05) is 41.4 Å². The van der Waals surface area contributed by atoms with Crippen molar-refractivity contribution >= 4 is 63.2 Å². The molecule has 1 N–H and O–H groups in total. The third kappa shape index (κ3) is 6.16. The van der Waals surface area contributed by atoms with E-state index in [9.17, 15) is 9.59 Å². The molecule has 0 spiro atoms. The second kappa shape index (κ2) is 12.3. The van der Waals surface area contributed by atoms with Crippen LogP contribution in [0.15, 0.2) is 23.4 Å². The molecule has 0 saturated heterocycles. The summed E-state index contributed by atoms with van der Waals surface area (Å²) >= 11 is 14.9. The molecule has 0 aliphatic heterocycles. The molecule has 36 heavy (non-hydrogen) atoms. The normalized spacial score (nSPS) is 13.1. The Bertz CT molecular complexity index is 1260. The number of benzene rings is 1. The van der Waals surface area contributed by atoms with Crippen molar-refractivity contribution < 1.29 is 19.1 Å². The third-order valence-electron chi connectivity index (χ3n) is 5.76. The van der Waals surface area contributed by atoms with Crippen LogP contribution in [0.2, 0.25) is 10.0 Å². The van der Waals surface area contributed by atoms with Gasteiger partial charge in [-0.3, -0.25) is 4.79 Å². The second-order valence-corrected chi connectivity index (χ2v) is 11.0. The van der Waals surface area contributed by atoms with Crippen LogP contribution < -0.4 is 10.1 Å². The number of halogens is 2. The van der Waals surface area contributed by atoms with E-state index < -0.39 is 5.97 Å². The van der Waals surface area contributed by atoms with Gasteiger partial charge in [-0.25, -0.2) is 4.79 Å². The molecule has 0 saturated carbocycles. The Morgan fingerprint density at radius 3 is 2.75 bits per heavy atom. The summed E-state index contributed by atoms with van der Waals surface area (Å²) in [5.74, 6) is 0.592. The maximum atomic E-state index is 12.8. The number of thioether (sulfide) groups is 1. The Morgan fingerprint density at radius 2 is 2.00 bits per heavy atom. The van der Waals surface area contributed by atoms with Crippen molar-refractivity contribution in [1.82, 2.24) is 14.8 Å². The number of fused-ring (bicyclic) bond motifs is 1. The van der Waals surface area contributed by atoms with Crippen LogP contribution in [-0.4, -0.2) is 39.5 Å². The summed E-state index contributed by atoms with van der Waals surface area (Å²) in [4.78, 5) is 26.5. The number of esters is 1. The molecule has 0 radical (unpaired) electrons. The number of carbonyl (C=O) groups is 2. The lowest BCUT2D eigenvalue weighted by Gasteiger charge is -2.10. The largest absolute Gasteiger partial charge is 0.484 e. The van der Waals surface area contributed by atoms with Crippen molar-refractivity contribution in [3.05, 3.63) is 50.1 Å². The fourth-order valence-electron chi connectivity index (χ4n) is 4.03. The summed E-state index contributed by atoms with van der Waals surface area (Å²) < 4.78 is 12.7. The van der Waals surface area contributed by atoms with E-state index >= 15 is 0 Å². The highest BCUT2D eigenvalue weighted by Crippen LogP contribution is 2.38. The number of amides is 1. The molecule has 12 heteroatoms. The molecule has 0 bridgehead atoms. The van der Waals surface area contributed by atoms with Gasteiger partial charge in [0.1, 0.15) is 17.4 Å². The number of aromatic nitrogens is 3. The fourth-order valence-corrected chi connectivity index (χ4v) is 6.60. The van der Waals surface area contributed by atoms with Crippen LogP contribution in [0.25, 0.3) is 0 Å². The van der Waals surface area contributed by atoms with Crippen LogP contribution in [0, 0.1) is 0 Å². The van der Waals surface area contributed by atoms with Gasteiger partial charge in [0, 0.05) is 16.4 Å². The molecule has 1 aromatic carbocycles. The molecule has 1 amide bonds. The Morgan fingerprint density at radius 1 is 1.19 bits per heavy atom. The Balaban J connectivity index is 1.41. The van der Waals surface area contributed by atoms with Crippen LogP contribution in [-0.2, 0) is 35.5 Å². The van der Waals surface area contributed by atoms with Gasteiger partial charge in [0.2, 0.25) is 5.91 Å². The number of rotatable bonds is 9. The molecule has 1 aliphatic carbocycles. The first kappa shape index (κ1) is 26.8. The lowest BCUT2D eigenvalue weighted by Crippen LogP contribution is -2.17. The first-order chi connectivity index (χ1) is 17.4. The minimum atomic E-state index is -0.409. The van der Waals surface area contributed by atoms with Gasteiger partial charge < -0.3 is 19.4 Å². The number of methoxy groups -OCH3 is 1. The summed E-state index contributed by atoms with van der Waals surface area (Å²) in [7, 11) is 1.37. The number of hydrogen-bond acceptors (Lipinski definition) is 8. The van der Waals surface area contributed by atoms with Crippen LogP contribution in [0.5, 0.6) is 5.75 Å². The van der Waals surface area contributed by atoms with Gasteiger partial charge in [0.15, 0.2) is 11.0 Å². The predicted octanol–water partition coefficient (Wildman–Crippen LogP) is 6.03. The first-order valence-electron chi connectivity index (χ1n) is 11.6. The number of aryl methyl sites for hydroxylation is 1. The SMILES string of the molecule is CCn1c(COc2ccc(Cl)cc2Cl)nnc1SCC(=O)Nc1sc2c(c1C(=O)OC)CCCCC2.